The van der Waals surface area contributed by atoms with Gasteiger partial charge in [0.05, 0.1) is 23.8 Å². The van der Waals surface area contributed by atoms with E-state index in [2.05, 4.69) is 4.74 Å². The molecule has 0 N–H and O–H groups in total. The van der Waals surface area contributed by atoms with Gasteiger partial charge in [-0.2, -0.15) is 0 Å². The highest BCUT2D eigenvalue weighted by molar-refractivity contribution is 7.74. The molecule has 0 fully saturated rings. The van der Waals surface area contributed by atoms with Gasteiger partial charge in [-0.15, -0.1) is 0 Å². The highest BCUT2D eigenvalue weighted by atomic mass is 31.2. The molecule has 0 bridgehead atoms. The summed E-state index contributed by atoms with van der Waals surface area (Å²) in [5, 5.41) is 1.15. The second-order valence-corrected chi connectivity index (χ2v) is 7.86. The number of carbonyl (C=O) groups excluding carboxylic acids is 1. The lowest BCUT2D eigenvalue weighted by atomic mass is 10.2. The van der Waals surface area contributed by atoms with Gasteiger partial charge in [-0.3, -0.25) is 4.57 Å². The van der Waals surface area contributed by atoms with Crippen LogP contribution in [0.15, 0.2) is 72.5 Å². The van der Waals surface area contributed by atoms with E-state index in [1.807, 2.05) is 50.2 Å². The molecule has 0 spiro atoms. The van der Waals surface area contributed by atoms with Crippen LogP contribution in [0.2, 0.25) is 0 Å². The first kappa shape index (κ1) is 18.0. The van der Waals surface area contributed by atoms with Crippen molar-refractivity contribution < 1.29 is 18.6 Å². The molecule has 24 heavy (non-hydrogen) atoms. The second-order valence-electron chi connectivity index (χ2n) is 5.54. The van der Waals surface area contributed by atoms with Crippen LogP contribution in [0.3, 0.4) is 0 Å². The van der Waals surface area contributed by atoms with Crippen molar-refractivity contribution >= 4 is 23.9 Å². The zero-order valence-electron chi connectivity index (χ0n) is 14.0. The SMILES string of the molecule is COC(=O)/C=C(\OP(=O)(c1ccccc1)c1ccccc1)C(C)C. The molecule has 2 rings (SSSR count). The Morgan fingerprint density at radius 2 is 1.42 bits per heavy atom. The van der Waals surface area contributed by atoms with Crippen molar-refractivity contribution in [2.75, 3.05) is 7.11 Å². The third-order valence-corrected chi connectivity index (χ3v) is 5.88. The van der Waals surface area contributed by atoms with E-state index in [1.54, 1.807) is 24.3 Å². The Labute approximate surface area is 142 Å². The van der Waals surface area contributed by atoms with E-state index in [-0.39, 0.29) is 5.92 Å². The van der Waals surface area contributed by atoms with Gasteiger partial charge in [0.25, 0.3) is 0 Å². The van der Waals surface area contributed by atoms with E-state index in [0.29, 0.717) is 16.4 Å². The summed E-state index contributed by atoms with van der Waals surface area (Å²) in [6.07, 6.45) is 1.25. The Hall–Kier alpha value is -2.32. The number of allylic oxidation sites excluding steroid dienone is 1. The van der Waals surface area contributed by atoms with E-state index in [0.717, 1.165) is 0 Å². The maximum atomic E-state index is 13.8. The summed E-state index contributed by atoms with van der Waals surface area (Å²) in [4.78, 5) is 11.6. The van der Waals surface area contributed by atoms with Gasteiger partial charge in [-0.1, -0.05) is 50.2 Å². The molecule has 126 valence electrons. The minimum Gasteiger partial charge on any atom is -0.466 e. The minimum atomic E-state index is -3.38. The molecule has 0 amide bonds. The third kappa shape index (κ3) is 4.15. The summed E-state index contributed by atoms with van der Waals surface area (Å²) in [5.41, 5.74) is 0. The fourth-order valence-electron chi connectivity index (χ4n) is 2.12. The lowest BCUT2D eigenvalue weighted by molar-refractivity contribution is -0.135. The third-order valence-electron chi connectivity index (χ3n) is 3.46. The molecular formula is C19H21O4P. The van der Waals surface area contributed by atoms with Crippen LogP contribution in [0.4, 0.5) is 0 Å². The second kappa shape index (κ2) is 7.98. The van der Waals surface area contributed by atoms with Crippen molar-refractivity contribution in [1.82, 2.24) is 0 Å². The molecule has 0 unspecified atom stereocenters. The zero-order chi connectivity index (χ0) is 17.6. The van der Waals surface area contributed by atoms with Gasteiger partial charge < -0.3 is 9.26 Å². The normalized spacial score (nSPS) is 12.1. The molecule has 0 atom stereocenters. The minimum absolute atomic E-state index is 0.121. The molecule has 2 aromatic carbocycles. The number of carbonyl (C=O) groups is 1. The topological polar surface area (TPSA) is 52.6 Å². The van der Waals surface area contributed by atoms with Crippen molar-refractivity contribution in [3.8, 4) is 0 Å². The fourth-order valence-corrected chi connectivity index (χ4v) is 4.32. The van der Waals surface area contributed by atoms with Crippen molar-refractivity contribution in [1.29, 1.82) is 0 Å². The van der Waals surface area contributed by atoms with Gasteiger partial charge in [0, 0.05) is 5.92 Å². The summed E-state index contributed by atoms with van der Waals surface area (Å²) in [6.45, 7) is 3.74. The smallest absolute Gasteiger partial charge is 0.333 e. The van der Waals surface area contributed by atoms with Gasteiger partial charge in [0.2, 0.25) is 0 Å². The predicted molar refractivity (Wildman–Crippen MR) is 95.8 cm³/mol. The van der Waals surface area contributed by atoms with Crippen molar-refractivity contribution in [3.63, 3.8) is 0 Å². The molecule has 2 aromatic rings. The van der Waals surface area contributed by atoms with Crippen molar-refractivity contribution in [3.05, 3.63) is 72.5 Å². The maximum absolute atomic E-state index is 13.8. The van der Waals surface area contributed by atoms with Crippen LogP contribution in [0, 0.1) is 5.92 Å². The first-order valence-electron chi connectivity index (χ1n) is 7.68. The van der Waals surface area contributed by atoms with E-state index in [4.69, 9.17) is 4.52 Å². The zero-order valence-corrected chi connectivity index (χ0v) is 14.9. The van der Waals surface area contributed by atoms with Crippen molar-refractivity contribution in [2.24, 2.45) is 5.92 Å². The summed E-state index contributed by atoms with van der Waals surface area (Å²) < 4.78 is 24.4. The summed E-state index contributed by atoms with van der Waals surface area (Å²) >= 11 is 0. The van der Waals surface area contributed by atoms with Crippen LogP contribution in [0.1, 0.15) is 13.8 Å². The molecule has 0 aliphatic heterocycles. The quantitative estimate of drug-likeness (QED) is 0.347. The van der Waals surface area contributed by atoms with Gasteiger partial charge in [0.1, 0.15) is 5.76 Å². The summed E-state index contributed by atoms with van der Waals surface area (Å²) in [5.74, 6) is -0.325. The van der Waals surface area contributed by atoms with E-state index >= 15 is 0 Å². The Balaban J connectivity index is 2.54. The van der Waals surface area contributed by atoms with Gasteiger partial charge in [0.15, 0.2) is 0 Å². The monoisotopic (exact) mass is 344 g/mol. The average Bonchev–Trinajstić information content (AvgIpc) is 2.62. The molecule has 5 heteroatoms. The van der Waals surface area contributed by atoms with Crippen LogP contribution in [0.25, 0.3) is 0 Å². The van der Waals surface area contributed by atoms with Crippen LogP contribution < -0.4 is 10.6 Å². The molecule has 0 radical (unpaired) electrons. The Morgan fingerprint density at radius 1 is 0.958 bits per heavy atom. The lowest BCUT2D eigenvalue weighted by Crippen LogP contribution is -2.19. The first-order chi connectivity index (χ1) is 11.5. The van der Waals surface area contributed by atoms with Crippen LogP contribution in [-0.4, -0.2) is 13.1 Å². The molecule has 4 nitrogen and oxygen atoms in total. The van der Waals surface area contributed by atoms with E-state index < -0.39 is 13.3 Å². The number of esters is 1. The van der Waals surface area contributed by atoms with Gasteiger partial charge in [-0.05, 0) is 24.3 Å². The number of benzene rings is 2. The lowest BCUT2D eigenvalue weighted by Gasteiger charge is -2.23. The van der Waals surface area contributed by atoms with Crippen molar-refractivity contribution in [2.45, 2.75) is 13.8 Å². The Morgan fingerprint density at radius 3 is 1.79 bits per heavy atom. The van der Waals surface area contributed by atoms with Crippen LogP contribution >= 0.6 is 7.37 Å². The fraction of sp³-hybridized carbons (Fsp3) is 0.211. The number of hydrogen-bond donors (Lipinski definition) is 0. The molecule has 0 aliphatic carbocycles. The number of rotatable bonds is 6. The number of hydrogen-bond acceptors (Lipinski definition) is 4. The largest absolute Gasteiger partial charge is 0.466 e. The average molecular weight is 344 g/mol. The molecule has 0 aliphatic rings. The molecular weight excluding hydrogens is 323 g/mol. The Bertz CT molecular complexity index is 708. The van der Waals surface area contributed by atoms with Crippen LogP contribution in [-0.2, 0) is 18.6 Å². The maximum Gasteiger partial charge on any atom is 0.333 e. The first-order valence-corrected chi connectivity index (χ1v) is 9.30. The number of methoxy groups -OCH3 is 1. The number of ether oxygens (including phenoxy) is 1. The van der Waals surface area contributed by atoms with Crippen LogP contribution in [0.5, 0.6) is 0 Å². The van der Waals surface area contributed by atoms with E-state index in [9.17, 15) is 9.36 Å². The summed E-state index contributed by atoms with van der Waals surface area (Å²) in [7, 11) is -2.08. The Kier molecular flexibility index (Phi) is 5.99. The van der Waals surface area contributed by atoms with E-state index in [1.165, 1.54) is 13.2 Å². The molecule has 0 saturated carbocycles. The standard InChI is InChI=1S/C19H21O4P/c1-15(2)18(14-19(20)22-3)23-24(21,16-10-6-4-7-11-16)17-12-8-5-9-13-17/h4-15H,1-3H3/b18-14-. The highest BCUT2D eigenvalue weighted by Crippen LogP contribution is 2.47. The van der Waals surface area contributed by atoms with Gasteiger partial charge >= 0.3 is 13.3 Å². The van der Waals surface area contributed by atoms with Gasteiger partial charge in [-0.25, -0.2) is 4.79 Å². The molecule has 0 aromatic heterocycles. The predicted octanol–water partition coefficient (Wildman–Crippen LogP) is 3.65. The molecule has 0 saturated heterocycles. The summed E-state index contributed by atoms with van der Waals surface area (Å²) in [6, 6.07) is 18.0. The highest BCUT2D eigenvalue weighted by Gasteiger charge is 2.31. The molecule has 0 heterocycles.